The monoisotopic (exact) mass is 220 g/mol. The van der Waals surface area contributed by atoms with Gasteiger partial charge in [0.2, 0.25) is 5.91 Å². The topological polar surface area (TPSA) is 122 Å². The average molecular weight is 220 g/mol. The van der Waals surface area contributed by atoms with E-state index in [2.05, 4.69) is 5.32 Å². The van der Waals surface area contributed by atoms with Crippen molar-refractivity contribution in [2.45, 2.75) is 18.6 Å². The summed E-state index contributed by atoms with van der Waals surface area (Å²) in [5, 5.41) is 19.3. The second-order valence-corrected chi connectivity index (χ2v) is 2.94. The zero-order chi connectivity index (χ0) is 11.8. The number of carboxylic acids is 1. The third-order valence-electron chi connectivity index (χ3n) is 1.83. The minimum atomic E-state index is -1.28. The van der Waals surface area contributed by atoms with Crippen molar-refractivity contribution in [2.24, 2.45) is 5.73 Å². The van der Waals surface area contributed by atoms with Crippen LogP contribution >= 0.6 is 0 Å². The number of hydrogen-bond donors (Lipinski definition) is 4. The number of amides is 1. The van der Waals surface area contributed by atoms with Gasteiger partial charge in [-0.2, -0.15) is 0 Å². The van der Waals surface area contributed by atoms with E-state index >= 15 is 0 Å². The number of aliphatic hydroxyl groups is 1. The molecule has 0 heterocycles. The van der Waals surface area contributed by atoms with Gasteiger partial charge in [0.25, 0.3) is 0 Å². The predicted octanol–water partition coefficient (Wildman–Crippen LogP) is -2.09. The van der Waals surface area contributed by atoms with Gasteiger partial charge in [0.1, 0.15) is 6.04 Å². The summed E-state index contributed by atoms with van der Waals surface area (Å²) in [6.45, 7) is -0.484. The maximum absolute atomic E-state index is 11.2. The highest BCUT2D eigenvalue weighted by atomic mass is 16.5. The molecule has 0 fully saturated rings. The molecule has 1 amide bonds. The van der Waals surface area contributed by atoms with Gasteiger partial charge in [-0.1, -0.05) is 0 Å². The summed E-state index contributed by atoms with van der Waals surface area (Å²) in [6, 6.07) is -1.28. The first-order valence-electron chi connectivity index (χ1n) is 4.41. The van der Waals surface area contributed by atoms with Gasteiger partial charge in [0.15, 0.2) is 0 Å². The second kappa shape index (κ2) is 7.16. The maximum Gasteiger partial charge on any atom is 0.328 e. The van der Waals surface area contributed by atoms with Crippen molar-refractivity contribution in [2.75, 3.05) is 20.3 Å². The Morgan fingerprint density at radius 1 is 1.53 bits per heavy atom. The van der Waals surface area contributed by atoms with Crippen LogP contribution in [-0.4, -0.2) is 54.5 Å². The van der Waals surface area contributed by atoms with Gasteiger partial charge in [-0.15, -0.1) is 0 Å². The zero-order valence-electron chi connectivity index (χ0n) is 8.47. The van der Waals surface area contributed by atoms with E-state index < -0.39 is 30.6 Å². The quantitative estimate of drug-likeness (QED) is 0.390. The molecule has 7 heteroatoms. The van der Waals surface area contributed by atoms with Crippen LogP contribution in [0.1, 0.15) is 6.42 Å². The van der Waals surface area contributed by atoms with Crippen molar-refractivity contribution >= 4 is 11.9 Å². The Morgan fingerprint density at radius 2 is 2.13 bits per heavy atom. The molecule has 0 aliphatic heterocycles. The molecule has 1 unspecified atom stereocenters. The maximum atomic E-state index is 11.2. The van der Waals surface area contributed by atoms with Crippen LogP contribution in [0.3, 0.4) is 0 Å². The third-order valence-corrected chi connectivity index (χ3v) is 1.83. The number of aliphatic carboxylic acids is 1. The zero-order valence-corrected chi connectivity index (χ0v) is 8.47. The van der Waals surface area contributed by atoms with Crippen molar-refractivity contribution in [3.63, 3.8) is 0 Å². The highest BCUT2D eigenvalue weighted by Gasteiger charge is 2.20. The molecule has 88 valence electrons. The smallest absolute Gasteiger partial charge is 0.328 e. The van der Waals surface area contributed by atoms with E-state index in [0.29, 0.717) is 0 Å². The van der Waals surface area contributed by atoms with Crippen LogP contribution in [-0.2, 0) is 14.3 Å². The lowest BCUT2D eigenvalue weighted by Gasteiger charge is -2.15. The molecule has 2 atom stereocenters. The Kier molecular flexibility index (Phi) is 6.59. The van der Waals surface area contributed by atoms with E-state index in [0.717, 1.165) is 0 Å². The van der Waals surface area contributed by atoms with Gasteiger partial charge in [-0.25, -0.2) is 4.79 Å². The predicted molar refractivity (Wildman–Crippen MR) is 51.1 cm³/mol. The molecule has 0 aliphatic rings. The lowest BCUT2D eigenvalue weighted by Crippen LogP contribution is -2.44. The summed E-state index contributed by atoms with van der Waals surface area (Å²) in [4.78, 5) is 21.7. The number of nitrogens with two attached hydrogens (primary N) is 1. The molecule has 15 heavy (non-hydrogen) atoms. The van der Waals surface area contributed by atoms with Gasteiger partial charge >= 0.3 is 5.97 Å². The minimum Gasteiger partial charge on any atom is -0.480 e. The number of nitrogens with one attached hydrogen (secondary N) is 1. The number of carboxylic acid groups (broad SMARTS) is 1. The molecule has 0 radical (unpaired) electrons. The van der Waals surface area contributed by atoms with E-state index in [9.17, 15) is 9.59 Å². The Balaban J connectivity index is 4.06. The summed E-state index contributed by atoms with van der Waals surface area (Å²) in [5.41, 5.74) is 5.28. The molecule has 0 aliphatic carbocycles. The summed E-state index contributed by atoms with van der Waals surface area (Å²) in [6.07, 6.45) is -0.477. The molecular weight excluding hydrogens is 204 g/mol. The molecule has 7 nitrogen and oxygen atoms in total. The number of hydrogen-bond acceptors (Lipinski definition) is 5. The van der Waals surface area contributed by atoms with Gasteiger partial charge in [-0.05, 0) is 0 Å². The highest BCUT2D eigenvalue weighted by molar-refractivity contribution is 5.83. The number of carbonyl (C=O) groups is 2. The van der Waals surface area contributed by atoms with Crippen molar-refractivity contribution in [3.05, 3.63) is 0 Å². The second-order valence-electron chi connectivity index (χ2n) is 2.94. The van der Waals surface area contributed by atoms with E-state index in [1.54, 1.807) is 0 Å². The highest BCUT2D eigenvalue weighted by Crippen LogP contribution is 1.95. The van der Waals surface area contributed by atoms with Crippen LogP contribution in [0.2, 0.25) is 0 Å². The largest absolute Gasteiger partial charge is 0.480 e. The van der Waals surface area contributed by atoms with Crippen LogP contribution < -0.4 is 11.1 Å². The van der Waals surface area contributed by atoms with Crippen molar-refractivity contribution < 1.29 is 24.5 Å². The van der Waals surface area contributed by atoms with Gasteiger partial charge < -0.3 is 26.0 Å². The first kappa shape index (κ1) is 13.8. The molecule has 0 aromatic rings. The SMILES string of the molecule is COC(CN)CC(=O)N[C@@H](CO)C(=O)O. The Morgan fingerprint density at radius 3 is 2.47 bits per heavy atom. The number of aliphatic hydroxyl groups excluding tert-OH is 1. The van der Waals surface area contributed by atoms with E-state index in [-0.39, 0.29) is 13.0 Å². The van der Waals surface area contributed by atoms with Crippen LogP contribution in [0.25, 0.3) is 0 Å². The van der Waals surface area contributed by atoms with Gasteiger partial charge in [0.05, 0.1) is 19.1 Å². The summed E-state index contributed by atoms with van der Waals surface area (Å²) in [5.74, 6) is -1.80. The molecule has 0 saturated carbocycles. The molecule has 0 spiro atoms. The van der Waals surface area contributed by atoms with Crippen molar-refractivity contribution in [3.8, 4) is 0 Å². The number of methoxy groups -OCH3 is 1. The molecule has 0 rings (SSSR count). The molecule has 0 saturated heterocycles. The summed E-state index contributed by atoms with van der Waals surface area (Å²) < 4.78 is 4.85. The van der Waals surface area contributed by atoms with Crippen molar-refractivity contribution in [1.29, 1.82) is 0 Å². The lowest BCUT2D eigenvalue weighted by atomic mass is 10.2. The van der Waals surface area contributed by atoms with E-state index in [4.69, 9.17) is 20.7 Å². The Labute approximate surface area is 87.2 Å². The third kappa shape index (κ3) is 5.31. The van der Waals surface area contributed by atoms with Crippen molar-refractivity contribution in [1.82, 2.24) is 5.32 Å². The fourth-order valence-electron chi connectivity index (χ4n) is 0.908. The number of ether oxygens (including phenoxy) is 1. The van der Waals surface area contributed by atoms with Gasteiger partial charge in [-0.3, -0.25) is 4.79 Å². The number of rotatable bonds is 7. The lowest BCUT2D eigenvalue weighted by molar-refractivity contribution is -0.143. The van der Waals surface area contributed by atoms with Gasteiger partial charge in [0, 0.05) is 13.7 Å². The van der Waals surface area contributed by atoms with Crippen LogP contribution in [0.4, 0.5) is 0 Å². The van der Waals surface area contributed by atoms with E-state index in [1.165, 1.54) is 7.11 Å². The Bertz CT molecular complexity index is 217. The average Bonchev–Trinajstić information content (AvgIpc) is 2.22. The fraction of sp³-hybridized carbons (Fsp3) is 0.750. The molecular formula is C8H16N2O5. The van der Waals surface area contributed by atoms with Crippen LogP contribution in [0.5, 0.6) is 0 Å². The molecule has 0 aromatic carbocycles. The molecule has 0 aromatic heterocycles. The number of carbonyl (C=O) groups excluding carboxylic acids is 1. The normalized spacial score (nSPS) is 14.3. The molecule has 0 bridgehead atoms. The van der Waals surface area contributed by atoms with E-state index in [1.807, 2.05) is 0 Å². The fourth-order valence-corrected chi connectivity index (χ4v) is 0.908. The molecule has 5 N–H and O–H groups in total. The first-order chi connectivity index (χ1) is 7.04. The van der Waals surface area contributed by atoms with Crippen LogP contribution in [0, 0.1) is 0 Å². The summed E-state index contributed by atoms with van der Waals surface area (Å²) in [7, 11) is 1.41. The Hall–Kier alpha value is -1.18. The minimum absolute atomic E-state index is 0.0310. The summed E-state index contributed by atoms with van der Waals surface area (Å²) >= 11 is 0. The standard InChI is InChI=1S/C8H16N2O5/c1-15-5(3-9)2-7(12)10-6(4-11)8(13)14/h5-6,11H,2-4,9H2,1H3,(H,10,12)(H,13,14)/t5?,6-/m0/s1. The first-order valence-corrected chi connectivity index (χ1v) is 4.41. The van der Waals surface area contributed by atoms with Crippen LogP contribution in [0.15, 0.2) is 0 Å².